The van der Waals surface area contributed by atoms with Gasteiger partial charge >= 0.3 is 5.97 Å². The van der Waals surface area contributed by atoms with Crippen LogP contribution in [0.25, 0.3) is 0 Å². The van der Waals surface area contributed by atoms with Crippen LogP contribution in [0.3, 0.4) is 0 Å². The van der Waals surface area contributed by atoms with Gasteiger partial charge in [0.05, 0.1) is 16.3 Å². The van der Waals surface area contributed by atoms with E-state index in [1.807, 2.05) is 0 Å². The first-order valence-electron chi connectivity index (χ1n) is 4.74. The van der Waals surface area contributed by atoms with Gasteiger partial charge < -0.3 is 10.4 Å². The molecule has 2 N–H and O–H groups in total. The molecule has 0 atom stereocenters. The van der Waals surface area contributed by atoms with E-state index in [-0.39, 0.29) is 22.9 Å². The van der Waals surface area contributed by atoms with Crippen molar-refractivity contribution in [3.05, 3.63) is 28.8 Å². The lowest BCUT2D eigenvalue weighted by molar-refractivity contribution is 0.0697. The highest BCUT2D eigenvalue weighted by Crippen LogP contribution is 2.20. The monoisotopic (exact) mass is 277 g/mol. The number of hydrogen-bond acceptors (Lipinski definition) is 4. The molecule has 1 rings (SSSR count). The first-order valence-corrected chi connectivity index (χ1v) is 7.18. The molecule has 17 heavy (non-hydrogen) atoms. The number of nitrogens with one attached hydrogen (secondary N) is 1. The summed E-state index contributed by atoms with van der Waals surface area (Å²) in [4.78, 5) is 10.7. The number of sulfone groups is 1. The van der Waals surface area contributed by atoms with E-state index < -0.39 is 15.8 Å². The van der Waals surface area contributed by atoms with Gasteiger partial charge in [0.1, 0.15) is 9.84 Å². The molecule has 0 heterocycles. The zero-order valence-electron chi connectivity index (χ0n) is 9.10. The SMILES string of the molecule is CS(=O)(=O)CCNc1ccc(C(=O)O)c(Cl)c1. The number of benzene rings is 1. The molecule has 0 unspecified atom stereocenters. The predicted octanol–water partition coefficient (Wildman–Crippen LogP) is 1.49. The lowest BCUT2D eigenvalue weighted by Gasteiger charge is -2.07. The molecule has 0 aliphatic carbocycles. The molecular weight excluding hydrogens is 266 g/mol. The standard InChI is InChI=1S/C10H12ClNO4S/c1-17(15,16)5-4-12-7-2-3-8(10(13)14)9(11)6-7/h2-3,6,12H,4-5H2,1H3,(H,13,14). The normalized spacial score (nSPS) is 11.2. The highest BCUT2D eigenvalue weighted by atomic mass is 35.5. The summed E-state index contributed by atoms with van der Waals surface area (Å²) < 4.78 is 21.8. The third-order valence-electron chi connectivity index (χ3n) is 2.00. The number of hydrogen-bond donors (Lipinski definition) is 2. The smallest absolute Gasteiger partial charge is 0.337 e. The highest BCUT2D eigenvalue weighted by Gasteiger charge is 2.09. The molecule has 7 heteroatoms. The molecule has 0 saturated heterocycles. The second kappa shape index (κ2) is 5.37. The van der Waals surface area contributed by atoms with Gasteiger partial charge in [-0.3, -0.25) is 0 Å². The lowest BCUT2D eigenvalue weighted by Crippen LogP contribution is -2.14. The minimum absolute atomic E-state index is 0.00526. The van der Waals surface area contributed by atoms with Gasteiger partial charge in [0, 0.05) is 18.5 Å². The molecule has 0 fully saturated rings. The average Bonchev–Trinajstić information content (AvgIpc) is 2.15. The summed E-state index contributed by atoms with van der Waals surface area (Å²) in [6, 6.07) is 4.36. The maximum absolute atomic E-state index is 10.9. The highest BCUT2D eigenvalue weighted by molar-refractivity contribution is 7.90. The van der Waals surface area contributed by atoms with E-state index >= 15 is 0 Å². The zero-order chi connectivity index (χ0) is 13.1. The van der Waals surface area contributed by atoms with E-state index in [2.05, 4.69) is 5.32 Å². The first-order chi connectivity index (χ1) is 7.79. The van der Waals surface area contributed by atoms with E-state index in [4.69, 9.17) is 16.7 Å². The topological polar surface area (TPSA) is 83.5 Å². The van der Waals surface area contributed by atoms with Gasteiger partial charge in [-0.2, -0.15) is 0 Å². The summed E-state index contributed by atoms with van der Waals surface area (Å²) in [7, 11) is -3.02. The minimum Gasteiger partial charge on any atom is -0.478 e. The Morgan fingerprint density at radius 3 is 2.59 bits per heavy atom. The Kier molecular flexibility index (Phi) is 4.36. The molecule has 0 aliphatic heterocycles. The maximum atomic E-state index is 10.9. The molecule has 0 spiro atoms. The molecule has 0 saturated carbocycles. The summed E-state index contributed by atoms with van der Waals surface area (Å²) in [6.45, 7) is 0.252. The molecule has 0 amide bonds. The van der Waals surface area contributed by atoms with Gasteiger partial charge in [0.2, 0.25) is 0 Å². The first kappa shape index (κ1) is 13.8. The van der Waals surface area contributed by atoms with Crippen molar-refractivity contribution in [2.75, 3.05) is 23.9 Å². The van der Waals surface area contributed by atoms with Crippen LogP contribution < -0.4 is 5.32 Å². The molecule has 1 aromatic carbocycles. The summed E-state index contributed by atoms with van der Waals surface area (Å²) in [5.41, 5.74) is 0.601. The summed E-state index contributed by atoms with van der Waals surface area (Å²) in [5, 5.41) is 11.7. The molecule has 0 bridgehead atoms. The molecule has 94 valence electrons. The molecular formula is C10H12ClNO4S. The van der Waals surface area contributed by atoms with Crippen LogP contribution in [0.15, 0.2) is 18.2 Å². The van der Waals surface area contributed by atoms with Gasteiger partial charge in [-0.25, -0.2) is 13.2 Å². The Morgan fingerprint density at radius 2 is 2.12 bits per heavy atom. The molecule has 5 nitrogen and oxygen atoms in total. The lowest BCUT2D eigenvalue weighted by atomic mass is 10.2. The number of carboxylic acid groups (broad SMARTS) is 1. The fourth-order valence-electron chi connectivity index (χ4n) is 1.18. The van der Waals surface area contributed by atoms with Crippen molar-refractivity contribution in [3.8, 4) is 0 Å². The number of rotatable bonds is 5. The van der Waals surface area contributed by atoms with Crippen molar-refractivity contribution in [2.45, 2.75) is 0 Å². The van der Waals surface area contributed by atoms with Gasteiger partial charge in [0.25, 0.3) is 0 Å². The van der Waals surface area contributed by atoms with Crippen LogP contribution >= 0.6 is 11.6 Å². The van der Waals surface area contributed by atoms with Crippen LogP contribution in [0.2, 0.25) is 5.02 Å². The van der Waals surface area contributed by atoms with Crippen molar-refractivity contribution in [1.29, 1.82) is 0 Å². The third-order valence-corrected chi connectivity index (χ3v) is 3.26. The number of anilines is 1. The van der Waals surface area contributed by atoms with Gasteiger partial charge in [-0.1, -0.05) is 11.6 Å². The molecule has 0 aromatic heterocycles. The fraction of sp³-hybridized carbons (Fsp3) is 0.300. The Balaban J connectivity index is 2.68. The van der Waals surface area contributed by atoms with Gasteiger partial charge in [0.15, 0.2) is 0 Å². The molecule has 0 aliphatic rings. The van der Waals surface area contributed by atoms with E-state index in [9.17, 15) is 13.2 Å². The van der Waals surface area contributed by atoms with Crippen molar-refractivity contribution < 1.29 is 18.3 Å². The summed E-state index contributed by atoms with van der Waals surface area (Å²) in [5.74, 6) is -1.09. The van der Waals surface area contributed by atoms with Crippen molar-refractivity contribution in [3.63, 3.8) is 0 Å². The fourth-order valence-corrected chi connectivity index (χ4v) is 1.91. The maximum Gasteiger partial charge on any atom is 0.337 e. The van der Waals surface area contributed by atoms with E-state index in [1.54, 1.807) is 0 Å². The van der Waals surface area contributed by atoms with Crippen LogP contribution in [0.4, 0.5) is 5.69 Å². The quantitative estimate of drug-likeness (QED) is 0.852. The van der Waals surface area contributed by atoms with Crippen molar-refractivity contribution in [1.82, 2.24) is 0 Å². The Hall–Kier alpha value is -1.27. The van der Waals surface area contributed by atoms with E-state index in [0.29, 0.717) is 5.69 Å². The van der Waals surface area contributed by atoms with Crippen LogP contribution in [-0.4, -0.2) is 38.0 Å². The van der Waals surface area contributed by atoms with Crippen molar-refractivity contribution in [2.24, 2.45) is 0 Å². The predicted molar refractivity (Wildman–Crippen MR) is 66.6 cm³/mol. The van der Waals surface area contributed by atoms with Crippen LogP contribution in [-0.2, 0) is 9.84 Å². The Bertz CT molecular complexity index is 527. The third kappa shape index (κ3) is 4.62. The second-order valence-electron chi connectivity index (χ2n) is 3.56. The Labute approximate surface area is 104 Å². The largest absolute Gasteiger partial charge is 0.478 e. The van der Waals surface area contributed by atoms with E-state index in [1.165, 1.54) is 18.2 Å². The van der Waals surface area contributed by atoms with Crippen LogP contribution in [0.1, 0.15) is 10.4 Å². The van der Waals surface area contributed by atoms with E-state index in [0.717, 1.165) is 6.26 Å². The second-order valence-corrected chi connectivity index (χ2v) is 6.22. The van der Waals surface area contributed by atoms with Crippen molar-refractivity contribution >= 4 is 33.1 Å². The van der Waals surface area contributed by atoms with Gasteiger partial charge in [-0.15, -0.1) is 0 Å². The van der Waals surface area contributed by atoms with Crippen LogP contribution in [0, 0.1) is 0 Å². The molecule has 1 aromatic rings. The number of halogens is 1. The number of aromatic carboxylic acids is 1. The Morgan fingerprint density at radius 1 is 1.47 bits per heavy atom. The zero-order valence-corrected chi connectivity index (χ0v) is 10.7. The van der Waals surface area contributed by atoms with Gasteiger partial charge in [-0.05, 0) is 18.2 Å². The van der Waals surface area contributed by atoms with Crippen LogP contribution in [0.5, 0.6) is 0 Å². The number of carbonyl (C=O) groups is 1. The molecule has 0 radical (unpaired) electrons. The average molecular weight is 278 g/mol. The minimum atomic E-state index is -3.02. The summed E-state index contributed by atoms with van der Waals surface area (Å²) in [6.07, 6.45) is 1.15. The summed E-state index contributed by atoms with van der Waals surface area (Å²) >= 11 is 5.75. The number of carboxylic acids is 1.